The number of aromatic nitrogens is 1. The molecule has 0 bridgehead atoms. The number of carbonyl (C=O) groups excluding carboxylic acids is 2. The average molecular weight is 409 g/mol. The molecular formula is C19H18F3N3O4. The molecule has 0 atom stereocenters. The van der Waals surface area contributed by atoms with Crippen LogP contribution in [0.1, 0.15) is 34.5 Å². The quantitative estimate of drug-likeness (QED) is 0.778. The van der Waals surface area contributed by atoms with E-state index in [-0.39, 0.29) is 30.3 Å². The third-order valence-corrected chi connectivity index (χ3v) is 5.34. The van der Waals surface area contributed by atoms with Crippen LogP contribution < -0.4 is 0 Å². The van der Waals surface area contributed by atoms with E-state index in [9.17, 15) is 22.8 Å². The van der Waals surface area contributed by atoms with Gasteiger partial charge in [0.05, 0.1) is 18.3 Å². The summed E-state index contributed by atoms with van der Waals surface area (Å²) >= 11 is 0. The van der Waals surface area contributed by atoms with Crippen molar-refractivity contribution in [3.63, 3.8) is 0 Å². The standard InChI is InChI=1S/C19H18F3N3O4/c20-19(21,22)14-4-2-1-3-13(14)11-25-12-18(28-17(25)27)6-9-24(10-7-18)16(26)15-5-8-23-29-15/h1-5,8H,6-7,9-12H2. The fraction of sp³-hybridized carbons (Fsp3) is 0.421. The maximum absolute atomic E-state index is 13.2. The number of rotatable bonds is 3. The van der Waals surface area contributed by atoms with Gasteiger partial charge in [0.25, 0.3) is 5.91 Å². The summed E-state index contributed by atoms with van der Waals surface area (Å²) in [6, 6.07) is 6.66. The Labute approximate surface area is 164 Å². The first kappa shape index (κ1) is 19.3. The highest BCUT2D eigenvalue weighted by molar-refractivity contribution is 5.91. The highest BCUT2D eigenvalue weighted by Gasteiger charge is 2.48. The molecule has 0 saturated carbocycles. The van der Waals surface area contributed by atoms with Crippen LogP contribution in [0.2, 0.25) is 0 Å². The smallest absolute Gasteiger partial charge is 0.416 e. The van der Waals surface area contributed by atoms with Crippen molar-refractivity contribution in [1.29, 1.82) is 0 Å². The molecule has 2 aromatic rings. The molecule has 1 aromatic heterocycles. The van der Waals surface area contributed by atoms with Crippen LogP contribution in [0.5, 0.6) is 0 Å². The molecule has 29 heavy (non-hydrogen) atoms. The first-order valence-electron chi connectivity index (χ1n) is 9.10. The SMILES string of the molecule is O=C1OC2(CCN(C(=O)c3ccno3)CC2)CN1Cc1ccccc1C(F)(F)F. The van der Waals surface area contributed by atoms with Crippen molar-refractivity contribution in [3.8, 4) is 0 Å². The molecule has 3 heterocycles. The van der Waals surface area contributed by atoms with Gasteiger partial charge in [0.15, 0.2) is 0 Å². The molecule has 0 radical (unpaired) electrons. The average Bonchev–Trinajstić information content (AvgIpc) is 3.31. The first-order valence-corrected chi connectivity index (χ1v) is 9.10. The van der Waals surface area contributed by atoms with Crippen molar-refractivity contribution < 1.29 is 32.0 Å². The third kappa shape index (κ3) is 3.79. The highest BCUT2D eigenvalue weighted by Crippen LogP contribution is 2.36. The lowest BCUT2D eigenvalue weighted by molar-refractivity contribution is -0.138. The summed E-state index contributed by atoms with van der Waals surface area (Å²) in [6.07, 6.45) is -2.96. The number of halogens is 3. The van der Waals surface area contributed by atoms with E-state index in [4.69, 9.17) is 9.26 Å². The van der Waals surface area contributed by atoms with Crippen LogP contribution in [-0.2, 0) is 17.5 Å². The summed E-state index contributed by atoms with van der Waals surface area (Å²) in [7, 11) is 0. The lowest BCUT2D eigenvalue weighted by Crippen LogP contribution is -2.48. The van der Waals surface area contributed by atoms with E-state index in [0.29, 0.717) is 25.9 Å². The number of ether oxygens (including phenoxy) is 1. The molecule has 0 aliphatic carbocycles. The maximum atomic E-state index is 13.2. The number of nitrogens with zero attached hydrogens (tertiary/aromatic N) is 3. The van der Waals surface area contributed by atoms with Crippen LogP contribution >= 0.6 is 0 Å². The maximum Gasteiger partial charge on any atom is 0.416 e. The van der Waals surface area contributed by atoms with Gasteiger partial charge in [-0.2, -0.15) is 13.2 Å². The summed E-state index contributed by atoms with van der Waals surface area (Å²) in [5.74, 6) is -0.160. The molecule has 7 nitrogen and oxygen atoms in total. The molecular weight excluding hydrogens is 391 g/mol. The Kier molecular flexibility index (Phi) is 4.71. The number of hydrogen-bond acceptors (Lipinski definition) is 5. The van der Waals surface area contributed by atoms with Crippen molar-refractivity contribution in [2.45, 2.75) is 31.2 Å². The van der Waals surface area contributed by atoms with Gasteiger partial charge in [-0.05, 0) is 11.6 Å². The second-order valence-corrected chi connectivity index (χ2v) is 7.23. The lowest BCUT2D eigenvalue weighted by Gasteiger charge is -2.37. The third-order valence-electron chi connectivity index (χ3n) is 5.34. The molecule has 0 unspecified atom stereocenters. The van der Waals surface area contributed by atoms with E-state index in [1.807, 2.05) is 0 Å². The number of likely N-dealkylation sites (tertiary alicyclic amines) is 1. The molecule has 2 aliphatic heterocycles. The molecule has 2 amide bonds. The van der Waals surface area contributed by atoms with Crippen LogP contribution in [0, 0.1) is 0 Å². The zero-order chi connectivity index (χ0) is 20.6. The van der Waals surface area contributed by atoms with Gasteiger partial charge in [0.2, 0.25) is 5.76 Å². The van der Waals surface area contributed by atoms with E-state index >= 15 is 0 Å². The van der Waals surface area contributed by atoms with Crippen molar-refractivity contribution in [2.75, 3.05) is 19.6 Å². The predicted octanol–water partition coefficient (Wildman–Crippen LogP) is 3.32. The van der Waals surface area contributed by atoms with Gasteiger partial charge in [-0.1, -0.05) is 23.4 Å². The number of alkyl halides is 3. The second-order valence-electron chi connectivity index (χ2n) is 7.23. The van der Waals surface area contributed by atoms with Crippen LogP contribution in [-0.4, -0.2) is 52.2 Å². The molecule has 0 N–H and O–H groups in total. The summed E-state index contributed by atoms with van der Waals surface area (Å²) < 4.78 is 50.1. The Morgan fingerprint density at radius 1 is 1.17 bits per heavy atom. The minimum atomic E-state index is -4.50. The zero-order valence-electron chi connectivity index (χ0n) is 15.3. The molecule has 4 rings (SSSR count). The monoisotopic (exact) mass is 409 g/mol. The van der Waals surface area contributed by atoms with E-state index in [1.165, 1.54) is 35.4 Å². The van der Waals surface area contributed by atoms with Crippen LogP contribution in [0.4, 0.5) is 18.0 Å². The van der Waals surface area contributed by atoms with E-state index in [1.54, 1.807) is 4.90 Å². The minimum absolute atomic E-state index is 0.0203. The summed E-state index contributed by atoms with van der Waals surface area (Å²) in [6.45, 7) is 0.693. The number of carbonyl (C=O) groups is 2. The first-order chi connectivity index (χ1) is 13.8. The Balaban J connectivity index is 1.42. The van der Waals surface area contributed by atoms with Crippen LogP contribution in [0.15, 0.2) is 41.1 Å². The Hall–Kier alpha value is -3.04. The fourth-order valence-corrected chi connectivity index (χ4v) is 3.81. The van der Waals surface area contributed by atoms with Gasteiger partial charge >= 0.3 is 12.3 Å². The highest BCUT2D eigenvalue weighted by atomic mass is 19.4. The second kappa shape index (κ2) is 7.09. The lowest BCUT2D eigenvalue weighted by atomic mass is 9.91. The largest absolute Gasteiger partial charge is 0.441 e. The Bertz CT molecular complexity index is 906. The fourth-order valence-electron chi connectivity index (χ4n) is 3.81. The van der Waals surface area contributed by atoms with Gasteiger partial charge in [0, 0.05) is 38.5 Å². The van der Waals surface area contributed by atoms with Gasteiger partial charge in [-0.25, -0.2) is 4.79 Å². The van der Waals surface area contributed by atoms with E-state index in [0.717, 1.165) is 6.07 Å². The van der Waals surface area contributed by atoms with Crippen LogP contribution in [0.25, 0.3) is 0 Å². The van der Waals surface area contributed by atoms with Gasteiger partial charge in [0.1, 0.15) is 5.60 Å². The molecule has 154 valence electrons. The Morgan fingerprint density at radius 3 is 2.55 bits per heavy atom. The minimum Gasteiger partial charge on any atom is -0.441 e. The van der Waals surface area contributed by atoms with Crippen molar-refractivity contribution in [2.24, 2.45) is 0 Å². The van der Waals surface area contributed by atoms with Gasteiger partial charge < -0.3 is 14.2 Å². The number of benzene rings is 1. The number of amides is 2. The van der Waals surface area contributed by atoms with Crippen molar-refractivity contribution in [1.82, 2.24) is 15.0 Å². The number of hydrogen-bond donors (Lipinski definition) is 0. The van der Waals surface area contributed by atoms with Crippen molar-refractivity contribution in [3.05, 3.63) is 53.4 Å². The summed E-state index contributed by atoms with van der Waals surface area (Å²) in [5.41, 5.74) is -1.55. The van der Waals surface area contributed by atoms with Gasteiger partial charge in [-0.3, -0.25) is 9.69 Å². The van der Waals surface area contributed by atoms with E-state index < -0.39 is 23.4 Å². The van der Waals surface area contributed by atoms with E-state index in [2.05, 4.69) is 5.16 Å². The summed E-state index contributed by atoms with van der Waals surface area (Å²) in [4.78, 5) is 27.5. The molecule has 2 aliphatic rings. The molecule has 1 spiro atoms. The molecule has 2 fully saturated rings. The molecule has 10 heteroatoms. The summed E-state index contributed by atoms with van der Waals surface area (Å²) in [5, 5.41) is 3.51. The topological polar surface area (TPSA) is 75.9 Å². The molecule has 1 aromatic carbocycles. The molecule has 2 saturated heterocycles. The zero-order valence-corrected chi connectivity index (χ0v) is 15.3. The number of piperidine rings is 1. The predicted molar refractivity (Wildman–Crippen MR) is 92.7 cm³/mol. The van der Waals surface area contributed by atoms with Gasteiger partial charge in [-0.15, -0.1) is 0 Å². The Morgan fingerprint density at radius 2 is 1.90 bits per heavy atom. The van der Waals surface area contributed by atoms with Crippen LogP contribution in [0.3, 0.4) is 0 Å². The van der Waals surface area contributed by atoms with Crippen molar-refractivity contribution >= 4 is 12.0 Å². The normalized spacial score (nSPS) is 18.9.